The fraction of sp³-hybridized carbons (Fsp3) is 0.286. The maximum absolute atomic E-state index is 11.4. The van der Waals surface area contributed by atoms with Crippen LogP contribution in [0.3, 0.4) is 0 Å². The number of rotatable bonds is 7. The van der Waals surface area contributed by atoms with Gasteiger partial charge in [-0.25, -0.2) is 4.79 Å². The Balaban J connectivity index is 1.71. The Bertz CT molecular complexity index is 700. The molecule has 7 nitrogen and oxygen atoms in total. The van der Waals surface area contributed by atoms with Crippen molar-refractivity contribution >= 4 is 17.7 Å². The molecule has 0 spiro atoms. The second-order valence-electron chi connectivity index (χ2n) is 4.42. The maximum atomic E-state index is 11.4. The van der Waals surface area contributed by atoms with Crippen LogP contribution in [0.2, 0.25) is 0 Å². The van der Waals surface area contributed by atoms with Crippen LogP contribution in [0.25, 0.3) is 0 Å². The van der Waals surface area contributed by atoms with Crippen molar-refractivity contribution < 1.29 is 14.6 Å². The van der Waals surface area contributed by atoms with E-state index in [2.05, 4.69) is 15.2 Å². The Morgan fingerprint density at radius 1 is 1.32 bits per heavy atom. The predicted molar refractivity (Wildman–Crippen MR) is 81.6 cm³/mol. The molecule has 0 amide bonds. The summed E-state index contributed by atoms with van der Waals surface area (Å²) in [6.07, 6.45) is 0.753. The largest absolute Gasteiger partial charge is 0.494 e. The van der Waals surface area contributed by atoms with Gasteiger partial charge in [0.25, 0.3) is 5.56 Å². The van der Waals surface area contributed by atoms with Gasteiger partial charge in [0, 0.05) is 5.75 Å². The number of ether oxygens (including phenoxy) is 1. The number of aromatic amines is 1. The molecule has 0 bridgehead atoms. The van der Waals surface area contributed by atoms with Crippen LogP contribution in [-0.4, -0.2) is 38.6 Å². The number of thioether (sulfide) groups is 1. The molecule has 0 aliphatic carbocycles. The zero-order valence-electron chi connectivity index (χ0n) is 11.9. The van der Waals surface area contributed by atoms with Gasteiger partial charge >= 0.3 is 5.97 Å². The number of nitrogens with one attached hydrogen (secondary N) is 1. The molecule has 0 saturated carbocycles. The van der Waals surface area contributed by atoms with Gasteiger partial charge in [0.2, 0.25) is 0 Å². The lowest BCUT2D eigenvalue weighted by Gasteiger charge is -2.06. The fourth-order valence-corrected chi connectivity index (χ4v) is 2.27. The summed E-state index contributed by atoms with van der Waals surface area (Å²) in [5.74, 6) is 0.385. The lowest BCUT2D eigenvalue weighted by atomic mass is 10.2. The number of carbonyl (C=O) groups is 1. The van der Waals surface area contributed by atoms with Crippen molar-refractivity contribution in [1.82, 2.24) is 15.2 Å². The third-order valence-corrected chi connectivity index (χ3v) is 3.69. The van der Waals surface area contributed by atoms with Gasteiger partial charge in [0.1, 0.15) is 11.4 Å². The van der Waals surface area contributed by atoms with Gasteiger partial charge in [-0.05, 0) is 37.6 Å². The number of H-pyrrole nitrogens is 1. The van der Waals surface area contributed by atoms with E-state index in [4.69, 9.17) is 9.84 Å². The van der Waals surface area contributed by atoms with Crippen molar-refractivity contribution in [3.05, 3.63) is 45.9 Å². The van der Waals surface area contributed by atoms with E-state index in [1.54, 1.807) is 19.1 Å². The van der Waals surface area contributed by atoms with E-state index in [1.165, 1.54) is 23.9 Å². The summed E-state index contributed by atoms with van der Waals surface area (Å²) in [6, 6.07) is 6.25. The first-order chi connectivity index (χ1) is 10.6. The zero-order chi connectivity index (χ0) is 15.9. The van der Waals surface area contributed by atoms with Crippen LogP contribution in [-0.2, 0) is 0 Å². The average Bonchev–Trinajstić information content (AvgIpc) is 2.51. The van der Waals surface area contributed by atoms with Crippen LogP contribution < -0.4 is 10.3 Å². The van der Waals surface area contributed by atoms with E-state index in [-0.39, 0.29) is 11.1 Å². The molecular formula is C14H15N3O4S. The summed E-state index contributed by atoms with van der Waals surface area (Å²) in [6.45, 7) is 2.09. The van der Waals surface area contributed by atoms with Crippen molar-refractivity contribution in [2.45, 2.75) is 18.5 Å². The van der Waals surface area contributed by atoms with Crippen molar-refractivity contribution in [2.75, 3.05) is 12.4 Å². The standard InChI is InChI=1S/C14H15N3O4S/c1-9-12(18)15-14(17-16-9)22-8-2-7-21-11-5-3-10(4-6-11)13(19)20/h3-6H,2,7-8H2,1H3,(H,19,20)(H,15,17,18). The quantitative estimate of drug-likeness (QED) is 0.591. The number of carboxylic acids is 1. The Kier molecular flexibility index (Phi) is 5.54. The average molecular weight is 321 g/mol. The Morgan fingerprint density at radius 3 is 2.68 bits per heavy atom. The molecule has 8 heteroatoms. The second-order valence-corrected chi connectivity index (χ2v) is 5.51. The van der Waals surface area contributed by atoms with Gasteiger partial charge in [-0.3, -0.25) is 9.78 Å². The minimum Gasteiger partial charge on any atom is -0.494 e. The third kappa shape index (κ3) is 4.59. The predicted octanol–water partition coefficient (Wildman–Crippen LogP) is 1.73. The Labute approximate surface area is 130 Å². The highest BCUT2D eigenvalue weighted by molar-refractivity contribution is 7.99. The molecular weight excluding hydrogens is 306 g/mol. The first-order valence-corrected chi connectivity index (χ1v) is 7.57. The van der Waals surface area contributed by atoms with E-state index >= 15 is 0 Å². The van der Waals surface area contributed by atoms with Crippen LogP contribution in [0.1, 0.15) is 22.5 Å². The summed E-state index contributed by atoms with van der Waals surface area (Å²) >= 11 is 1.40. The van der Waals surface area contributed by atoms with Crippen LogP contribution in [0.4, 0.5) is 0 Å². The van der Waals surface area contributed by atoms with Crippen molar-refractivity contribution in [2.24, 2.45) is 0 Å². The topological polar surface area (TPSA) is 105 Å². The lowest BCUT2D eigenvalue weighted by Crippen LogP contribution is -2.14. The first-order valence-electron chi connectivity index (χ1n) is 6.59. The van der Waals surface area contributed by atoms with Gasteiger partial charge in [-0.2, -0.15) is 0 Å². The summed E-state index contributed by atoms with van der Waals surface area (Å²) in [5, 5.41) is 16.9. The number of aromatic carboxylic acids is 1. The number of aryl methyl sites for hydroxylation is 1. The van der Waals surface area contributed by atoms with Crippen molar-refractivity contribution in [3.8, 4) is 5.75 Å². The molecule has 2 aromatic rings. The van der Waals surface area contributed by atoms with Crippen molar-refractivity contribution in [1.29, 1.82) is 0 Å². The molecule has 0 aliphatic rings. The summed E-state index contributed by atoms with van der Waals surface area (Å²) in [5.41, 5.74) is 0.342. The highest BCUT2D eigenvalue weighted by Gasteiger charge is 2.03. The van der Waals surface area contributed by atoms with E-state index in [0.29, 0.717) is 23.2 Å². The molecule has 0 atom stereocenters. The van der Waals surface area contributed by atoms with E-state index in [0.717, 1.165) is 12.2 Å². The number of carboxylic acid groups (broad SMARTS) is 1. The monoisotopic (exact) mass is 321 g/mol. The molecule has 2 rings (SSSR count). The minimum atomic E-state index is -0.962. The lowest BCUT2D eigenvalue weighted by molar-refractivity contribution is 0.0697. The van der Waals surface area contributed by atoms with E-state index < -0.39 is 5.97 Å². The number of aromatic nitrogens is 3. The maximum Gasteiger partial charge on any atom is 0.335 e. The molecule has 2 N–H and O–H groups in total. The van der Waals surface area contributed by atoms with Crippen LogP contribution >= 0.6 is 11.8 Å². The van der Waals surface area contributed by atoms with Gasteiger partial charge < -0.3 is 9.84 Å². The van der Waals surface area contributed by atoms with Crippen LogP contribution in [0, 0.1) is 6.92 Å². The number of nitrogens with zero attached hydrogens (tertiary/aromatic N) is 2. The smallest absolute Gasteiger partial charge is 0.335 e. The molecule has 1 aromatic carbocycles. The van der Waals surface area contributed by atoms with Gasteiger partial charge in [0.15, 0.2) is 5.16 Å². The molecule has 0 unspecified atom stereocenters. The summed E-state index contributed by atoms with van der Waals surface area (Å²) in [4.78, 5) is 24.7. The Morgan fingerprint density at radius 2 is 2.05 bits per heavy atom. The minimum absolute atomic E-state index is 0.227. The first kappa shape index (κ1) is 16.0. The van der Waals surface area contributed by atoms with Gasteiger partial charge in [-0.15, -0.1) is 10.2 Å². The van der Waals surface area contributed by atoms with Gasteiger partial charge in [-0.1, -0.05) is 11.8 Å². The Hall–Kier alpha value is -2.35. The molecule has 1 aromatic heterocycles. The number of hydrogen-bond donors (Lipinski definition) is 2. The zero-order valence-corrected chi connectivity index (χ0v) is 12.7. The van der Waals surface area contributed by atoms with E-state index in [9.17, 15) is 9.59 Å². The second kappa shape index (κ2) is 7.60. The highest BCUT2D eigenvalue weighted by atomic mass is 32.2. The number of hydrogen-bond acceptors (Lipinski definition) is 6. The summed E-state index contributed by atoms with van der Waals surface area (Å²) in [7, 11) is 0. The molecule has 0 fully saturated rings. The van der Waals surface area contributed by atoms with Crippen molar-refractivity contribution in [3.63, 3.8) is 0 Å². The van der Waals surface area contributed by atoms with Crippen LogP contribution in [0.5, 0.6) is 5.75 Å². The van der Waals surface area contributed by atoms with E-state index in [1.807, 2.05) is 0 Å². The molecule has 22 heavy (non-hydrogen) atoms. The molecule has 116 valence electrons. The normalized spacial score (nSPS) is 10.4. The molecule has 1 heterocycles. The van der Waals surface area contributed by atoms with Crippen LogP contribution in [0.15, 0.2) is 34.2 Å². The summed E-state index contributed by atoms with van der Waals surface area (Å²) < 4.78 is 5.51. The number of benzene rings is 1. The third-order valence-electron chi connectivity index (χ3n) is 2.74. The SMILES string of the molecule is Cc1nnc(SCCCOc2ccc(C(=O)O)cc2)[nH]c1=O. The highest BCUT2D eigenvalue weighted by Crippen LogP contribution is 2.14. The fourth-order valence-electron chi connectivity index (χ4n) is 1.55. The molecule has 0 saturated heterocycles. The van der Waals surface area contributed by atoms with Gasteiger partial charge in [0.05, 0.1) is 12.2 Å². The molecule has 0 aliphatic heterocycles. The molecule has 0 radical (unpaired) electrons.